The molecule has 2 aromatic rings. The van der Waals surface area contributed by atoms with Crippen molar-refractivity contribution in [2.24, 2.45) is 5.92 Å². The van der Waals surface area contributed by atoms with Crippen molar-refractivity contribution >= 4 is 0 Å². The summed E-state index contributed by atoms with van der Waals surface area (Å²) >= 11 is 0. The summed E-state index contributed by atoms with van der Waals surface area (Å²) in [5, 5.41) is 0. The zero-order valence-corrected chi connectivity index (χ0v) is 18.0. The average molecular weight is 458 g/mol. The molecule has 0 amide bonds. The molecule has 0 aromatic heterocycles. The Labute approximate surface area is 184 Å². The van der Waals surface area contributed by atoms with Gasteiger partial charge in [-0.25, -0.2) is 4.39 Å². The summed E-state index contributed by atoms with van der Waals surface area (Å²) in [5.74, 6) is -0.745. The van der Waals surface area contributed by atoms with Gasteiger partial charge in [0, 0.05) is 0 Å². The van der Waals surface area contributed by atoms with Crippen molar-refractivity contribution in [3.63, 3.8) is 0 Å². The van der Waals surface area contributed by atoms with Gasteiger partial charge in [-0.3, -0.25) is 0 Å². The molecule has 1 nitrogen and oxygen atoms in total. The van der Waals surface area contributed by atoms with Gasteiger partial charge < -0.3 is 4.74 Å². The van der Waals surface area contributed by atoms with Crippen LogP contribution in [0, 0.1) is 11.7 Å². The van der Waals surface area contributed by atoms with Crippen LogP contribution < -0.4 is 4.74 Å². The van der Waals surface area contributed by atoms with E-state index in [2.05, 4.69) is 6.92 Å². The van der Waals surface area contributed by atoms with Crippen molar-refractivity contribution in [2.75, 3.05) is 0 Å². The van der Waals surface area contributed by atoms with Crippen LogP contribution in [-0.2, 0) is 12.3 Å². The Morgan fingerprint density at radius 1 is 0.875 bits per heavy atom. The lowest BCUT2D eigenvalue weighted by Crippen LogP contribution is -2.23. The van der Waals surface area contributed by atoms with E-state index in [1.165, 1.54) is 50.7 Å². The first-order valence-corrected chi connectivity index (χ1v) is 11.1. The Morgan fingerprint density at radius 2 is 1.53 bits per heavy atom. The third-order valence-corrected chi connectivity index (χ3v) is 6.27. The second-order valence-electron chi connectivity index (χ2n) is 8.59. The van der Waals surface area contributed by atoms with Crippen LogP contribution in [-0.4, -0.2) is 0 Å². The first kappa shape index (κ1) is 24.5. The molecule has 0 spiro atoms. The second-order valence-corrected chi connectivity index (χ2v) is 8.59. The number of unbranched alkanes of at least 4 members (excludes halogenated alkanes) is 2. The third kappa shape index (κ3) is 6.20. The van der Waals surface area contributed by atoms with Gasteiger partial charge in [0.1, 0.15) is 11.6 Å². The zero-order chi connectivity index (χ0) is 23.4. The van der Waals surface area contributed by atoms with Crippen molar-refractivity contribution in [2.45, 2.75) is 76.5 Å². The molecule has 0 saturated heterocycles. The largest absolute Gasteiger partial charge is 0.429 e. The smallest absolute Gasteiger partial charge is 0.426 e. The molecule has 0 bridgehead atoms. The molecule has 7 heteroatoms. The molecule has 0 radical (unpaired) electrons. The number of halogens is 6. The van der Waals surface area contributed by atoms with E-state index in [4.69, 9.17) is 4.74 Å². The second kappa shape index (κ2) is 10.2. The summed E-state index contributed by atoms with van der Waals surface area (Å²) < 4.78 is 85.1. The Balaban J connectivity index is 1.60. The molecule has 1 fully saturated rings. The van der Waals surface area contributed by atoms with E-state index in [0.29, 0.717) is 18.1 Å². The van der Waals surface area contributed by atoms with Gasteiger partial charge in [-0.1, -0.05) is 44.7 Å². The number of ether oxygens (including phenoxy) is 1. The van der Waals surface area contributed by atoms with Gasteiger partial charge in [0.25, 0.3) is 0 Å². The standard InChI is InChI=1S/C25H28F6O/c1-2-3-4-5-17-6-8-18(9-7-17)19-10-13-21(14-11-19)32-25(30,31)20-12-15-22(23(26)16-20)24(27,28)29/h10-18H,2-9H2,1H3. The summed E-state index contributed by atoms with van der Waals surface area (Å²) in [7, 11) is 0. The Bertz CT molecular complexity index is 867. The van der Waals surface area contributed by atoms with Gasteiger partial charge in [0.2, 0.25) is 0 Å². The van der Waals surface area contributed by atoms with Crippen LogP contribution in [0.15, 0.2) is 42.5 Å². The molecular formula is C25H28F6O. The van der Waals surface area contributed by atoms with Gasteiger partial charge in [-0.05, 0) is 73.4 Å². The van der Waals surface area contributed by atoms with Crippen molar-refractivity contribution in [1.82, 2.24) is 0 Å². The van der Waals surface area contributed by atoms with Crippen LogP contribution in [0.3, 0.4) is 0 Å². The fourth-order valence-corrected chi connectivity index (χ4v) is 4.41. The average Bonchev–Trinajstić information content (AvgIpc) is 2.74. The predicted octanol–water partition coefficient (Wildman–Crippen LogP) is 8.83. The Hall–Kier alpha value is -2.18. The number of rotatable bonds is 8. The van der Waals surface area contributed by atoms with Crippen LogP contribution in [0.25, 0.3) is 0 Å². The maximum Gasteiger partial charge on any atom is 0.426 e. The number of hydrogen-bond donors (Lipinski definition) is 0. The number of hydrogen-bond acceptors (Lipinski definition) is 1. The predicted molar refractivity (Wildman–Crippen MR) is 111 cm³/mol. The molecular weight excluding hydrogens is 430 g/mol. The van der Waals surface area contributed by atoms with Crippen LogP contribution in [0.4, 0.5) is 26.3 Å². The quantitative estimate of drug-likeness (QED) is 0.284. The van der Waals surface area contributed by atoms with Crippen LogP contribution in [0.2, 0.25) is 0 Å². The molecule has 0 N–H and O–H groups in total. The first-order chi connectivity index (χ1) is 15.1. The van der Waals surface area contributed by atoms with Gasteiger partial charge >= 0.3 is 12.3 Å². The molecule has 2 aromatic carbocycles. The van der Waals surface area contributed by atoms with E-state index in [1.807, 2.05) is 0 Å². The maximum atomic E-state index is 14.4. The summed E-state index contributed by atoms with van der Waals surface area (Å²) in [6.07, 6.45) is 0.584. The van der Waals surface area contributed by atoms with Gasteiger partial charge in [-0.2, -0.15) is 22.0 Å². The minimum absolute atomic E-state index is 0.132. The summed E-state index contributed by atoms with van der Waals surface area (Å²) in [6, 6.07) is 7.34. The maximum absolute atomic E-state index is 14.4. The molecule has 0 unspecified atom stereocenters. The van der Waals surface area contributed by atoms with Crippen molar-refractivity contribution in [3.8, 4) is 5.75 Å². The first-order valence-electron chi connectivity index (χ1n) is 11.1. The molecule has 1 saturated carbocycles. The SMILES string of the molecule is CCCCCC1CCC(c2ccc(OC(F)(F)c3ccc(C(F)(F)F)c(F)c3)cc2)CC1. The van der Waals surface area contributed by atoms with E-state index >= 15 is 0 Å². The lowest BCUT2D eigenvalue weighted by atomic mass is 9.77. The molecule has 3 rings (SSSR count). The fourth-order valence-electron chi connectivity index (χ4n) is 4.41. The summed E-state index contributed by atoms with van der Waals surface area (Å²) in [6.45, 7) is 2.20. The van der Waals surface area contributed by atoms with E-state index in [1.54, 1.807) is 12.1 Å². The highest BCUT2D eigenvalue weighted by atomic mass is 19.4. The van der Waals surface area contributed by atoms with Crippen molar-refractivity contribution in [3.05, 3.63) is 65.0 Å². The minimum atomic E-state index is -4.96. The molecule has 176 valence electrons. The van der Waals surface area contributed by atoms with E-state index < -0.39 is 29.2 Å². The highest BCUT2D eigenvalue weighted by Crippen LogP contribution is 2.40. The zero-order valence-electron chi connectivity index (χ0n) is 18.0. The number of alkyl halides is 5. The van der Waals surface area contributed by atoms with Crippen LogP contribution in [0.5, 0.6) is 5.75 Å². The molecule has 1 aliphatic carbocycles. The number of benzene rings is 2. The van der Waals surface area contributed by atoms with E-state index in [9.17, 15) is 26.3 Å². The van der Waals surface area contributed by atoms with Gasteiger partial charge in [0.15, 0.2) is 0 Å². The van der Waals surface area contributed by atoms with Crippen molar-refractivity contribution < 1.29 is 31.1 Å². The van der Waals surface area contributed by atoms with E-state index in [-0.39, 0.29) is 11.8 Å². The molecule has 1 aliphatic rings. The summed E-state index contributed by atoms with van der Waals surface area (Å²) in [5.41, 5.74) is -1.51. The van der Waals surface area contributed by atoms with Crippen molar-refractivity contribution in [1.29, 1.82) is 0 Å². The summed E-state index contributed by atoms with van der Waals surface area (Å²) in [4.78, 5) is 0. The molecule has 0 heterocycles. The highest BCUT2D eigenvalue weighted by Gasteiger charge is 2.39. The van der Waals surface area contributed by atoms with Crippen LogP contribution >= 0.6 is 0 Å². The molecule has 0 aliphatic heterocycles. The van der Waals surface area contributed by atoms with Crippen LogP contribution in [0.1, 0.15) is 80.9 Å². The van der Waals surface area contributed by atoms with E-state index in [0.717, 1.165) is 24.3 Å². The molecule has 0 atom stereocenters. The normalized spacial score (nSPS) is 19.7. The van der Waals surface area contributed by atoms with Gasteiger partial charge in [-0.15, -0.1) is 0 Å². The minimum Gasteiger partial charge on any atom is -0.429 e. The lowest BCUT2D eigenvalue weighted by Gasteiger charge is -2.29. The lowest BCUT2D eigenvalue weighted by molar-refractivity contribution is -0.186. The third-order valence-electron chi connectivity index (χ3n) is 6.27. The Kier molecular flexibility index (Phi) is 7.78. The highest BCUT2D eigenvalue weighted by molar-refractivity contribution is 5.32. The fraction of sp³-hybridized carbons (Fsp3) is 0.520. The monoisotopic (exact) mass is 458 g/mol. The molecule has 32 heavy (non-hydrogen) atoms. The topological polar surface area (TPSA) is 9.23 Å². The Morgan fingerprint density at radius 3 is 2.09 bits per heavy atom. The van der Waals surface area contributed by atoms with Gasteiger partial charge in [0.05, 0.1) is 11.1 Å².